The number of nitrogens with one attached hydrogen (secondary N) is 1. The third-order valence-electron chi connectivity index (χ3n) is 2.69. The molecule has 0 heterocycles. The van der Waals surface area contributed by atoms with Crippen LogP contribution in [0.4, 0.5) is 14.5 Å². The molecule has 110 valence electrons. The van der Waals surface area contributed by atoms with Crippen LogP contribution in [-0.4, -0.2) is 12.5 Å². The van der Waals surface area contributed by atoms with Crippen LogP contribution in [0.1, 0.15) is 17.3 Å². The van der Waals surface area contributed by atoms with Gasteiger partial charge in [-0.05, 0) is 37.3 Å². The van der Waals surface area contributed by atoms with Gasteiger partial charge in [0, 0.05) is 5.02 Å². The SMILES string of the molecule is CCOc1ccc(Cl)cc1NC(=O)c1cccc(F)c1F. The smallest absolute Gasteiger partial charge is 0.258 e. The molecule has 2 aromatic carbocycles. The highest BCUT2D eigenvalue weighted by atomic mass is 35.5. The number of hydrogen-bond donors (Lipinski definition) is 1. The average molecular weight is 312 g/mol. The highest BCUT2D eigenvalue weighted by Crippen LogP contribution is 2.28. The molecule has 0 atom stereocenters. The van der Waals surface area contributed by atoms with Gasteiger partial charge in [0.1, 0.15) is 5.75 Å². The summed E-state index contributed by atoms with van der Waals surface area (Å²) >= 11 is 5.86. The van der Waals surface area contributed by atoms with Crippen LogP contribution in [0.3, 0.4) is 0 Å². The first-order valence-electron chi connectivity index (χ1n) is 6.20. The van der Waals surface area contributed by atoms with E-state index in [4.69, 9.17) is 16.3 Å². The van der Waals surface area contributed by atoms with Crippen LogP contribution in [0.5, 0.6) is 5.75 Å². The van der Waals surface area contributed by atoms with Gasteiger partial charge in [0.05, 0.1) is 17.9 Å². The lowest BCUT2D eigenvalue weighted by Gasteiger charge is -2.12. The number of anilines is 1. The maximum absolute atomic E-state index is 13.6. The van der Waals surface area contributed by atoms with Crippen molar-refractivity contribution in [2.45, 2.75) is 6.92 Å². The van der Waals surface area contributed by atoms with E-state index in [-0.39, 0.29) is 5.69 Å². The lowest BCUT2D eigenvalue weighted by molar-refractivity contribution is 0.102. The number of amides is 1. The summed E-state index contributed by atoms with van der Waals surface area (Å²) in [6, 6.07) is 8.06. The van der Waals surface area contributed by atoms with Crippen LogP contribution < -0.4 is 10.1 Å². The summed E-state index contributed by atoms with van der Waals surface area (Å²) in [7, 11) is 0. The van der Waals surface area contributed by atoms with Crippen molar-refractivity contribution in [3.63, 3.8) is 0 Å². The molecule has 2 aromatic rings. The van der Waals surface area contributed by atoms with Gasteiger partial charge in [-0.3, -0.25) is 4.79 Å². The van der Waals surface area contributed by atoms with Crippen molar-refractivity contribution in [3.05, 3.63) is 58.6 Å². The lowest BCUT2D eigenvalue weighted by atomic mass is 10.2. The summed E-state index contributed by atoms with van der Waals surface area (Å²) in [5, 5.41) is 2.85. The number of carbonyl (C=O) groups excluding carboxylic acids is 1. The summed E-state index contributed by atoms with van der Waals surface area (Å²) in [5.41, 5.74) is -0.101. The van der Waals surface area contributed by atoms with E-state index in [0.717, 1.165) is 6.07 Å². The van der Waals surface area contributed by atoms with E-state index in [1.165, 1.54) is 18.2 Å². The summed E-state index contributed by atoms with van der Waals surface area (Å²) in [4.78, 5) is 12.0. The zero-order valence-corrected chi connectivity index (χ0v) is 11.9. The number of benzene rings is 2. The van der Waals surface area contributed by atoms with Gasteiger partial charge in [0.25, 0.3) is 5.91 Å². The molecule has 0 saturated heterocycles. The fraction of sp³-hybridized carbons (Fsp3) is 0.133. The zero-order valence-electron chi connectivity index (χ0n) is 11.1. The Morgan fingerprint density at radius 1 is 1.29 bits per heavy atom. The van der Waals surface area contributed by atoms with Crippen LogP contribution in [-0.2, 0) is 0 Å². The first-order chi connectivity index (χ1) is 10.0. The molecule has 0 aromatic heterocycles. The molecule has 0 spiro atoms. The topological polar surface area (TPSA) is 38.3 Å². The summed E-state index contributed by atoms with van der Waals surface area (Å²) in [6.45, 7) is 2.17. The van der Waals surface area contributed by atoms with Crippen LogP contribution in [0, 0.1) is 11.6 Å². The van der Waals surface area contributed by atoms with Gasteiger partial charge in [-0.15, -0.1) is 0 Å². The van der Waals surface area contributed by atoms with E-state index in [1.54, 1.807) is 19.1 Å². The normalized spacial score (nSPS) is 10.3. The number of halogens is 3. The summed E-state index contributed by atoms with van der Waals surface area (Å²) in [5.74, 6) is -2.67. The number of ether oxygens (including phenoxy) is 1. The van der Waals surface area contributed by atoms with Gasteiger partial charge in [-0.2, -0.15) is 0 Å². The molecule has 0 aliphatic rings. The van der Waals surface area contributed by atoms with Crippen LogP contribution >= 0.6 is 11.6 Å². The second-order valence-corrected chi connectivity index (χ2v) is 4.57. The minimum Gasteiger partial charge on any atom is -0.492 e. The number of carbonyl (C=O) groups is 1. The van der Waals surface area contributed by atoms with Crippen LogP contribution in [0.15, 0.2) is 36.4 Å². The van der Waals surface area contributed by atoms with Crippen molar-refractivity contribution in [1.82, 2.24) is 0 Å². The Bertz CT molecular complexity index is 677. The fourth-order valence-electron chi connectivity index (χ4n) is 1.75. The van der Waals surface area contributed by atoms with Crippen LogP contribution in [0.2, 0.25) is 5.02 Å². The predicted octanol–water partition coefficient (Wildman–Crippen LogP) is 4.27. The third kappa shape index (κ3) is 3.49. The Morgan fingerprint density at radius 3 is 2.76 bits per heavy atom. The molecule has 0 unspecified atom stereocenters. The highest BCUT2D eigenvalue weighted by molar-refractivity contribution is 6.31. The quantitative estimate of drug-likeness (QED) is 0.915. The van der Waals surface area contributed by atoms with Crippen molar-refractivity contribution in [3.8, 4) is 5.75 Å². The highest BCUT2D eigenvalue weighted by Gasteiger charge is 2.16. The molecule has 0 fully saturated rings. The zero-order chi connectivity index (χ0) is 15.4. The first-order valence-corrected chi connectivity index (χ1v) is 6.58. The Labute approximate surface area is 125 Å². The van der Waals surface area contributed by atoms with Crippen molar-refractivity contribution in [2.24, 2.45) is 0 Å². The Balaban J connectivity index is 2.31. The summed E-state index contributed by atoms with van der Waals surface area (Å²) < 4.78 is 32.1. The largest absolute Gasteiger partial charge is 0.492 e. The summed E-state index contributed by atoms with van der Waals surface area (Å²) in [6.07, 6.45) is 0. The van der Waals surface area contributed by atoms with Crippen molar-refractivity contribution < 1.29 is 18.3 Å². The molecule has 2 rings (SSSR count). The second kappa shape index (κ2) is 6.54. The van der Waals surface area contributed by atoms with Gasteiger partial charge in [0.2, 0.25) is 0 Å². The molecule has 0 saturated carbocycles. The maximum Gasteiger partial charge on any atom is 0.258 e. The molecule has 6 heteroatoms. The van der Waals surface area contributed by atoms with Gasteiger partial charge in [-0.25, -0.2) is 8.78 Å². The van der Waals surface area contributed by atoms with E-state index >= 15 is 0 Å². The minimum atomic E-state index is -1.20. The lowest BCUT2D eigenvalue weighted by Crippen LogP contribution is -2.15. The molecule has 0 radical (unpaired) electrons. The van der Waals surface area contributed by atoms with Gasteiger partial charge in [-0.1, -0.05) is 17.7 Å². The van der Waals surface area contributed by atoms with E-state index in [2.05, 4.69) is 5.32 Å². The third-order valence-corrected chi connectivity index (χ3v) is 2.92. The Morgan fingerprint density at radius 2 is 2.05 bits per heavy atom. The molecular formula is C15H12ClF2NO2. The number of hydrogen-bond acceptors (Lipinski definition) is 2. The van der Waals surface area contributed by atoms with Crippen molar-refractivity contribution >= 4 is 23.2 Å². The maximum atomic E-state index is 13.6. The fourth-order valence-corrected chi connectivity index (χ4v) is 1.92. The molecule has 0 bridgehead atoms. The van der Waals surface area contributed by atoms with Gasteiger partial charge in [0.15, 0.2) is 11.6 Å². The van der Waals surface area contributed by atoms with E-state index in [1.807, 2.05) is 0 Å². The van der Waals surface area contributed by atoms with E-state index in [9.17, 15) is 13.6 Å². The van der Waals surface area contributed by atoms with E-state index < -0.39 is 23.1 Å². The molecule has 0 aliphatic heterocycles. The van der Waals surface area contributed by atoms with Gasteiger partial charge < -0.3 is 10.1 Å². The Kier molecular flexibility index (Phi) is 4.75. The molecule has 0 aliphatic carbocycles. The first kappa shape index (κ1) is 15.3. The monoisotopic (exact) mass is 311 g/mol. The van der Waals surface area contributed by atoms with E-state index in [0.29, 0.717) is 17.4 Å². The van der Waals surface area contributed by atoms with Crippen molar-refractivity contribution in [1.29, 1.82) is 0 Å². The van der Waals surface area contributed by atoms with Crippen molar-refractivity contribution in [2.75, 3.05) is 11.9 Å². The number of rotatable bonds is 4. The second-order valence-electron chi connectivity index (χ2n) is 4.13. The Hall–Kier alpha value is -2.14. The molecule has 1 amide bonds. The molecular weight excluding hydrogens is 300 g/mol. The van der Waals surface area contributed by atoms with Gasteiger partial charge >= 0.3 is 0 Å². The van der Waals surface area contributed by atoms with Crippen LogP contribution in [0.25, 0.3) is 0 Å². The minimum absolute atomic E-state index is 0.290. The molecule has 3 nitrogen and oxygen atoms in total. The molecule has 1 N–H and O–H groups in total. The average Bonchev–Trinajstić information content (AvgIpc) is 2.45. The predicted molar refractivity (Wildman–Crippen MR) is 76.9 cm³/mol. The molecule has 21 heavy (non-hydrogen) atoms. The standard InChI is InChI=1S/C15H12ClF2NO2/c1-2-21-13-7-6-9(16)8-12(13)19-15(20)10-4-3-5-11(17)14(10)18/h3-8H,2H2,1H3,(H,19,20).